The van der Waals surface area contributed by atoms with E-state index in [-0.39, 0.29) is 6.03 Å². The Kier molecular flexibility index (Phi) is 4.58. The Hall–Kier alpha value is -2.85. The van der Waals surface area contributed by atoms with Crippen LogP contribution in [0.25, 0.3) is 11.1 Å². The number of nitrogens with zero attached hydrogens (tertiary/aromatic N) is 2. The van der Waals surface area contributed by atoms with Gasteiger partial charge in [0.05, 0.1) is 5.69 Å². The zero-order valence-electron chi connectivity index (χ0n) is 15.3. The van der Waals surface area contributed by atoms with Gasteiger partial charge in [0.15, 0.2) is 0 Å². The van der Waals surface area contributed by atoms with Crippen molar-refractivity contribution in [2.75, 3.05) is 16.8 Å². The SMILES string of the molecule is Cc1cc2c(cc1Cl)N(C(=O)Nc1ccc(C)c(-c3cccnc3)c1)CC2. The fourth-order valence-electron chi connectivity index (χ4n) is 3.47. The highest BCUT2D eigenvalue weighted by Gasteiger charge is 2.25. The third kappa shape index (κ3) is 3.40. The van der Waals surface area contributed by atoms with Gasteiger partial charge >= 0.3 is 6.03 Å². The molecule has 1 aromatic heterocycles. The zero-order chi connectivity index (χ0) is 19.0. The average molecular weight is 378 g/mol. The minimum absolute atomic E-state index is 0.144. The van der Waals surface area contributed by atoms with Crippen molar-refractivity contribution >= 4 is 29.0 Å². The molecule has 0 aliphatic carbocycles. The van der Waals surface area contributed by atoms with Crippen molar-refractivity contribution in [3.05, 3.63) is 76.6 Å². The van der Waals surface area contributed by atoms with Crippen LogP contribution in [-0.4, -0.2) is 17.6 Å². The van der Waals surface area contributed by atoms with Crippen LogP contribution >= 0.6 is 11.6 Å². The van der Waals surface area contributed by atoms with E-state index in [1.165, 1.54) is 0 Å². The summed E-state index contributed by atoms with van der Waals surface area (Å²) in [6, 6.07) is 13.7. The van der Waals surface area contributed by atoms with E-state index < -0.39 is 0 Å². The Morgan fingerprint density at radius 1 is 1.15 bits per heavy atom. The quantitative estimate of drug-likeness (QED) is 0.630. The molecule has 0 saturated heterocycles. The molecule has 27 heavy (non-hydrogen) atoms. The van der Waals surface area contributed by atoms with Crippen molar-refractivity contribution in [3.63, 3.8) is 0 Å². The third-order valence-electron chi connectivity index (χ3n) is 4.96. The first kappa shape index (κ1) is 17.6. The fourth-order valence-corrected chi connectivity index (χ4v) is 3.63. The van der Waals surface area contributed by atoms with Gasteiger partial charge in [-0.1, -0.05) is 29.8 Å². The number of rotatable bonds is 2. The molecule has 0 bridgehead atoms. The van der Waals surface area contributed by atoms with Crippen molar-refractivity contribution in [1.82, 2.24) is 4.98 Å². The molecular formula is C22H20ClN3O. The number of nitrogens with one attached hydrogen (secondary N) is 1. The predicted molar refractivity (Wildman–Crippen MR) is 111 cm³/mol. The summed E-state index contributed by atoms with van der Waals surface area (Å²) in [4.78, 5) is 18.8. The van der Waals surface area contributed by atoms with Crippen molar-refractivity contribution in [2.24, 2.45) is 0 Å². The lowest BCUT2D eigenvalue weighted by molar-refractivity contribution is 0.257. The summed E-state index contributed by atoms with van der Waals surface area (Å²) >= 11 is 6.26. The van der Waals surface area contributed by atoms with E-state index in [9.17, 15) is 4.79 Å². The first-order chi connectivity index (χ1) is 13.0. The lowest BCUT2D eigenvalue weighted by Crippen LogP contribution is -2.33. The molecule has 1 N–H and O–H groups in total. The van der Waals surface area contributed by atoms with Gasteiger partial charge in [0.1, 0.15) is 0 Å². The van der Waals surface area contributed by atoms with E-state index in [1.807, 2.05) is 49.5 Å². The van der Waals surface area contributed by atoms with Crippen LogP contribution in [0.1, 0.15) is 16.7 Å². The highest BCUT2D eigenvalue weighted by atomic mass is 35.5. The van der Waals surface area contributed by atoms with Crippen LogP contribution in [0, 0.1) is 13.8 Å². The maximum atomic E-state index is 12.9. The van der Waals surface area contributed by atoms with Crippen molar-refractivity contribution in [3.8, 4) is 11.1 Å². The molecule has 5 heteroatoms. The number of carbonyl (C=O) groups is 1. The number of carbonyl (C=O) groups excluding carboxylic acids is 1. The number of benzene rings is 2. The Balaban J connectivity index is 1.59. The Morgan fingerprint density at radius 2 is 2.00 bits per heavy atom. The summed E-state index contributed by atoms with van der Waals surface area (Å²) < 4.78 is 0. The zero-order valence-corrected chi connectivity index (χ0v) is 16.0. The van der Waals surface area contributed by atoms with E-state index in [0.717, 1.165) is 45.6 Å². The molecule has 2 amide bonds. The summed E-state index contributed by atoms with van der Waals surface area (Å²) in [5.74, 6) is 0. The fraction of sp³-hybridized carbons (Fsp3) is 0.182. The molecule has 0 radical (unpaired) electrons. The average Bonchev–Trinajstić information content (AvgIpc) is 3.07. The molecule has 0 fully saturated rings. The minimum Gasteiger partial charge on any atom is -0.308 e. The topological polar surface area (TPSA) is 45.2 Å². The lowest BCUT2D eigenvalue weighted by Gasteiger charge is -2.19. The smallest absolute Gasteiger partial charge is 0.308 e. The number of halogens is 1. The summed E-state index contributed by atoms with van der Waals surface area (Å²) in [5, 5.41) is 3.70. The lowest BCUT2D eigenvalue weighted by atomic mass is 10.0. The van der Waals surface area contributed by atoms with Gasteiger partial charge in [-0.2, -0.15) is 0 Å². The number of hydrogen-bond donors (Lipinski definition) is 1. The van der Waals surface area contributed by atoms with Crippen LogP contribution in [0.3, 0.4) is 0 Å². The van der Waals surface area contributed by atoms with E-state index in [4.69, 9.17) is 11.6 Å². The number of aryl methyl sites for hydroxylation is 2. The number of fused-ring (bicyclic) bond motifs is 1. The van der Waals surface area contributed by atoms with Crippen LogP contribution in [0.4, 0.5) is 16.2 Å². The minimum atomic E-state index is -0.144. The largest absolute Gasteiger partial charge is 0.326 e. The summed E-state index contributed by atoms with van der Waals surface area (Å²) in [5.41, 5.74) is 7.07. The molecule has 0 atom stereocenters. The van der Waals surface area contributed by atoms with E-state index >= 15 is 0 Å². The second kappa shape index (κ2) is 7.05. The molecule has 1 aliphatic heterocycles. The van der Waals surface area contributed by atoms with Crippen LogP contribution in [0.2, 0.25) is 5.02 Å². The Bertz CT molecular complexity index is 1020. The van der Waals surface area contributed by atoms with Gasteiger partial charge in [-0.05, 0) is 66.8 Å². The molecule has 2 aromatic carbocycles. The predicted octanol–water partition coefficient (Wildman–Crippen LogP) is 5.61. The van der Waals surface area contributed by atoms with Crippen LogP contribution < -0.4 is 10.2 Å². The molecule has 0 saturated carbocycles. The summed E-state index contributed by atoms with van der Waals surface area (Å²) in [7, 11) is 0. The monoisotopic (exact) mass is 377 g/mol. The second-order valence-electron chi connectivity index (χ2n) is 6.83. The number of urea groups is 1. The molecule has 1 aliphatic rings. The molecule has 3 aromatic rings. The van der Waals surface area contributed by atoms with Gasteiger partial charge in [-0.15, -0.1) is 0 Å². The van der Waals surface area contributed by atoms with Gasteiger partial charge in [0.25, 0.3) is 0 Å². The molecule has 2 heterocycles. The highest BCUT2D eigenvalue weighted by Crippen LogP contribution is 2.33. The molecular weight excluding hydrogens is 358 g/mol. The standard InChI is InChI=1S/C22H20ClN3O/c1-14-5-6-18(11-19(14)17-4-3-8-24-13-17)25-22(27)26-9-7-16-10-15(2)20(23)12-21(16)26/h3-6,8,10-13H,7,9H2,1-2H3,(H,25,27). The molecule has 4 rings (SSSR count). The molecule has 4 nitrogen and oxygen atoms in total. The normalized spacial score (nSPS) is 12.8. The van der Waals surface area contributed by atoms with Gasteiger partial charge in [0, 0.05) is 35.2 Å². The number of anilines is 2. The van der Waals surface area contributed by atoms with E-state index in [2.05, 4.69) is 23.3 Å². The summed E-state index contributed by atoms with van der Waals surface area (Å²) in [6.07, 6.45) is 4.42. The van der Waals surface area contributed by atoms with Gasteiger partial charge in [-0.3, -0.25) is 9.88 Å². The molecule has 0 unspecified atom stereocenters. The molecule has 136 valence electrons. The number of aromatic nitrogens is 1. The first-order valence-corrected chi connectivity index (χ1v) is 9.29. The van der Waals surface area contributed by atoms with Crippen molar-refractivity contribution in [2.45, 2.75) is 20.3 Å². The maximum absolute atomic E-state index is 12.9. The van der Waals surface area contributed by atoms with Crippen molar-refractivity contribution < 1.29 is 4.79 Å². The number of amides is 2. The van der Waals surface area contributed by atoms with Crippen LogP contribution in [0.5, 0.6) is 0 Å². The Labute approximate surface area is 163 Å². The maximum Gasteiger partial charge on any atom is 0.326 e. The summed E-state index contributed by atoms with van der Waals surface area (Å²) in [6.45, 7) is 4.69. The van der Waals surface area contributed by atoms with Gasteiger partial charge < -0.3 is 5.32 Å². The number of hydrogen-bond acceptors (Lipinski definition) is 2. The number of pyridine rings is 1. The third-order valence-corrected chi connectivity index (χ3v) is 5.37. The van der Waals surface area contributed by atoms with Crippen LogP contribution in [0.15, 0.2) is 54.9 Å². The highest BCUT2D eigenvalue weighted by molar-refractivity contribution is 6.31. The van der Waals surface area contributed by atoms with Crippen LogP contribution in [-0.2, 0) is 6.42 Å². The first-order valence-electron chi connectivity index (χ1n) is 8.91. The van der Waals surface area contributed by atoms with E-state index in [0.29, 0.717) is 11.6 Å². The van der Waals surface area contributed by atoms with Crippen molar-refractivity contribution in [1.29, 1.82) is 0 Å². The van der Waals surface area contributed by atoms with Gasteiger partial charge in [0.2, 0.25) is 0 Å². The molecule has 0 spiro atoms. The Morgan fingerprint density at radius 3 is 2.78 bits per heavy atom. The van der Waals surface area contributed by atoms with Gasteiger partial charge in [-0.25, -0.2) is 4.79 Å². The van der Waals surface area contributed by atoms with E-state index in [1.54, 1.807) is 11.1 Å². The second-order valence-corrected chi connectivity index (χ2v) is 7.24.